The van der Waals surface area contributed by atoms with Crippen molar-refractivity contribution >= 4 is 11.5 Å². The van der Waals surface area contributed by atoms with Crippen LogP contribution in [0.1, 0.15) is 30.4 Å². The van der Waals surface area contributed by atoms with Gasteiger partial charge in [-0.2, -0.15) is 0 Å². The lowest BCUT2D eigenvalue weighted by Crippen LogP contribution is -2.13. The van der Waals surface area contributed by atoms with Gasteiger partial charge < -0.3 is 5.32 Å². The van der Waals surface area contributed by atoms with Crippen LogP contribution in [0, 0.1) is 0 Å². The summed E-state index contributed by atoms with van der Waals surface area (Å²) < 4.78 is 0. The summed E-state index contributed by atoms with van der Waals surface area (Å²) in [7, 11) is 0. The van der Waals surface area contributed by atoms with Crippen LogP contribution >= 0.6 is 0 Å². The predicted octanol–water partition coefficient (Wildman–Crippen LogP) is 2.32. The normalized spacial score (nSPS) is 19.9. The van der Waals surface area contributed by atoms with E-state index in [0.717, 1.165) is 12.8 Å². The Morgan fingerprint density at radius 1 is 1.13 bits per heavy atom. The molecule has 2 aliphatic carbocycles. The van der Waals surface area contributed by atoms with Crippen LogP contribution in [0.3, 0.4) is 0 Å². The Bertz CT molecular complexity index is 407. The Kier molecular flexibility index (Phi) is 2.01. The number of fused-ring (bicyclic) bond motifs is 1. The first-order chi connectivity index (χ1) is 7.31. The van der Waals surface area contributed by atoms with Gasteiger partial charge in [-0.1, -0.05) is 6.07 Å². The molecule has 2 heteroatoms. The molecule has 3 rings (SSSR count). The third-order valence-corrected chi connectivity index (χ3v) is 3.22. The number of carbonyl (C=O) groups is 1. The number of hydrogen-bond donors (Lipinski definition) is 1. The van der Waals surface area contributed by atoms with Crippen molar-refractivity contribution in [2.45, 2.75) is 38.1 Å². The van der Waals surface area contributed by atoms with Gasteiger partial charge in [-0.25, -0.2) is 0 Å². The summed E-state index contributed by atoms with van der Waals surface area (Å²) in [4.78, 5) is 11.4. The summed E-state index contributed by atoms with van der Waals surface area (Å²) in [6.45, 7) is 0. The molecular weight excluding hydrogens is 186 g/mol. The largest absolute Gasteiger partial charge is 0.382 e. The van der Waals surface area contributed by atoms with Gasteiger partial charge >= 0.3 is 0 Å². The molecule has 1 fully saturated rings. The van der Waals surface area contributed by atoms with E-state index in [4.69, 9.17) is 0 Å². The highest BCUT2D eigenvalue weighted by molar-refractivity contribution is 5.83. The molecule has 2 aliphatic rings. The van der Waals surface area contributed by atoms with Crippen molar-refractivity contribution in [3.05, 3.63) is 29.3 Å². The van der Waals surface area contributed by atoms with E-state index in [1.54, 1.807) is 0 Å². The number of ketones is 1. The Morgan fingerprint density at radius 3 is 2.80 bits per heavy atom. The minimum atomic E-state index is 0.381. The summed E-state index contributed by atoms with van der Waals surface area (Å²) in [6.07, 6.45) is 4.86. The zero-order chi connectivity index (χ0) is 10.3. The molecule has 1 saturated carbocycles. The minimum Gasteiger partial charge on any atom is -0.382 e. The van der Waals surface area contributed by atoms with Gasteiger partial charge in [0.05, 0.1) is 0 Å². The van der Waals surface area contributed by atoms with Crippen molar-refractivity contribution in [2.75, 3.05) is 5.32 Å². The molecule has 1 aromatic rings. The number of rotatable bonds is 2. The molecule has 0 amide bonds. The van der Waals surface area contributed by atoms with Gasteiger partial charge in [0.1, 0.15) is 5.78 Å². The smallest absolute Gasteiger partial charge is 0.137 e. The zero-order valence-electron chi connectivity index (χ0n) is 8.75. The van der Waals surface area contributed by atoms with Gasteiger partial charge in [0, 0.05) is 24.6 Å². The van der Waals surface area contributed by atoms with Crippen LogP contribution in [0.15, 0.2) is 18.2 Å². The molecule has 1 N–H and O–H groups in total. The Labute approximate surface area is 89.7 Å². The SMILES string of the molecule is O=C1CCc2ccc(NC3CC3)cc2C1. The molecule has 0 aliphatic heterocycles. The second kappa shape index (κ2) is 3.37. The van der Waals surface area contributed by atoms with Crippen LogP contribution in [0.2, 0.25) is 0 Å². The van der Waals surface area contributed by atoms with E-state index in [-0.39, 0.29) is 0 Å². The van der Waals surface area contributed by atoms with Gasteiger partial charge in [0.2, 0.25) is 0 Å². The minimum absolute atomic E-state index is 0.381. The Hall–Kier alpha value is -1.31. The van der Waals surface area contributed by atoms with Crippen LogP contribution in [-0.4, -0.2) is 11.8 Å². The third kappa shape index (κ3) is 1.89. The number of aryl methyl sites for hydroxylation is 1. The molecule has 0 saturated heterocycles. The maximum absolute atomic E-state index is 11.4. The number of anilines is 1. The average molecular weight is 201 g/mol. The van der Waals surface area contributed by atoms with E-state index in [1.807, 2.05) is 0 Å². The highest BCUT2D eigenvalue weighted by Gasteiger charge is 2.21. The van der Waals surface area contributed by atoms with E-state index in [1.165, 1.54) is 29.7 Å². The van der Waals surface area contributed by atoms with Crippen LogP contribution in [0.5, 0.6) is 0 Å². The molecule has 2 nitrogen and oxygen atoms in total. The van der Waals surface area contributed by atoms with Crippen LogP contribution in [0.4, 0.5) is 5.69 Å². The predicted molar refractivity (Wildman–Crippen MR) is 60.1 cm³/mol. The van der Waals surface area contributed by atoms with Crippen molar-refractivity contribution in [1.29, 1.82) is 0 Å². The van der Waals surface area contributed by atoms with Gasteiger partial charge in [0.15, 0.2) is 0 Å². The van der Waals surface area contributed by atoms with Crippen molar-refractivity contribution in [1.82, 2.24) is 0 Å². The highest BCUT2D eigenvalue weighted by atomic mass is 16.1. The van der Waals surface area contributed by atoms with Crippen molar-refractivity contribution in [3.8, 4) is 0 Å². The maximum atomic E-state index is 11.4. The van der Waals surface area contributed by atoms with Gasteiger partial charge in [-0.05, 0) is 42.5 Å². The summed E-state index contributed by atoms with van der Waals surface area (Å²) in [5, 5.41) is 3.47. The Morgan fingerprint density at radius 2 is 2.00 bits per heavy atom. The highest BCUT2D eigenvalue weighted by Crippen LogP contribution is 2.27. The van der Waals surface area contributed by atoms with E-state index in [0.29, 0.717) is 18.2 Å². The van der Waals surface area contributed by atoms with E-state index < -0.39 is 0 Å². The molecule has 1 aromatic carbocycles. The van der Waals surface area contributed by atoms with Gasteiger partial charge in [0.25, 0.3) is 0 Å². The molecule has 78 valence electrons. The molecule has 0 heterocycles. The fourth-order valence-electron chi connectivity index (χ4n) is 2.16. The van der Waals surface area contributed by atoms with Crippen molar-refractivity contribution in [3.63, 3.8) is 0 Å². The number of carbonyl (C=O) groups excluding carboxylic acids is 1. The van der Waals surface area contributed by atoms with Gasteiger partial charge in [-0.15, -0.1) is 0 Å². The lowest BCUT2D eigenvalue weighted by molar-refractivity contribution is -0.118. The first-order valence-electron chi connectivity index (χ1n) is 5.71. The molecular formula is C13H15NO. The standard InChI is InChI=1S/C13H15NO/c15-13-6-2-9-1-3-12(7-10(9)8-13)14-11-4-5-11/h1,3,7,11,14H,2,4-6,8H2. The van der Waals surface area contributed by atoms with Gasteiger partial charge in [-0.3, -0.25) is 4.79 Å². The molecule has 15 heavy (non-hydrogen) atoms. The lowest BCUT2D eigenvalue weighted by atomic mass is 9.90. The molecule has 0 radical (unpaired) electrons. The first-order valence-corrected chi connectivity index (χ1v) is 5.71. The molecule has 0 unspecified atom stereocenters. The van der Waals surface area contributed by atoms with Crippen molar-refractivity contribution < 1.29 is 4.79 Å². The summed E-state index contributed by atoms with van der Waals surface area (Å²) in [6, 6.07) is 7.16. The Balaban J connectivity index is 1.86. The fourth-order valence-corrected chi connectivity index (χ4v) is 2.16. The third-order valence-electron chi connectivity index (χ3n) is 3.22. The molecule has 0 aromatic heterocycles. The zero-order valence-corrected chi connectivity index (χ0v) is 8.75. The lowest BCUT2D eigenvalue weighted by Gasteiger charge is -2.16. The molecule has 0 bridgehead atoms. The summed E-state index contributed by atoms with van der Waals surface area (Å²) >= 11 is 0. The fraction of sp³-hybridized carbons (Fsp3) is 0.462. The quantitative estimate of drug-likeness (QED) is 0.795. The first kappa shape index (κ1) is 8.96. The summed E-state index contributed by atoms with van der Waals surface area (Å²) in [5.41, 5.74) is 3.78. The van der Waals surface area contributed by atoms with E-state index >= 15 is 0 Å². The second-order valence-corrected chi connectivity index (χ2v) is 4.62. The molecule has 0 atom stereocenters. The van der Waals surface area contributed by atoms with Crippen LogP contribution in [-0.2, 0) is 17.6 Å². The number of Topliss-reactive ketones (excluding diaryl/α,β-unsaturated/α-hetero) is 1. The van der Waals surface area contributed by atoms with Crippen LogP contribution in [0.25, 0.3) is 0 Å². The molecule has 0 spiro atoms. The number of benzene rings is 1. The average Bonchev–Trinajstić information content (AvgIpc) is 3.01. The van der Waals surface area contributed by atoms with Crippen LogP contribution < -0.4 is 5.32 Å². The summed E-state index contributed by atoms with van der Waals surface area (Å²) in [5.74, 6) is 0.381. The maximum Gasteiger partial charge on any atom is 0.137 e. The number of nitrogens with one attached hydrogen (secondary N) is 1. The number of hydrogen-bond acceptors (Lipinski definition) is 2. The topological polar surface area (TPSA) is 29.1 Å². The monoisotopic (exact) mass is 201 g/mol. The van der Waals surface area contributed by atoms with E-state index in [2.05, 4.69) is 23.5 Å². The van der Waals surface area contributed by atoms with E-state index in [9.17, 15) is 4.79 Å². The second-order valence-electron chi connectivity index (χ2n) is 4.62. The van der Waals surface area contributed by atoms with Crippen molar-refractivity contribution in [2.24, 2.45) is 0 Å².